The van der Waals surface area contributed by atoms with Gasteiger partial charge in [-0.3, -0.25) is 4.55 Å². The first kappa shape index (κ1) is 7.83. The number of hydrogen-bond acceptors (Lipinski definition) is 3. The zero-order valence-corrected chi connectivity index (χ0v) is 4.80. The monoisotopic (exact) mass is 140 g/mol. The minimum Gasteiger partial charge on any atom is -0.395 e. The number of aliphatic hydroxyl groups excluding tert-OH is 1. The summed E-state index contributed by atoms with van der Waals surface area (Å²) < 4.78 is 29.8. The average molecular weight is 140 g/mol. The molecule has 0 heterocycles. The van der Waals surface area contributed by atoms with Crippen LogP contribution in [-0.2, 0) is 10.3 Å². The van der Waals surface area contributed by atoms with Crippen molar-refractivity contribution >= 4 is 10.3 Å². The van der Waals surface area contributed by atoms with Crippen molar-refractivity contribution < 1.29 is 18.1 Å². The highest BCUT2D eigenvalue weighted by molar-refractivity contribution is 7.83. The van der Waals surface area contributed by atoms with E-state index in [-0.39, 0.29) is 13.2 Å². The van der Waals surface area contributed by atoms with Crippen LogP contribution in [0.5, 0.6) is 0 Å². The van der Waals surface area contributed by atoms with E-state index >= 15 is 0 Å². The van der Waals surface area contributed by atoms with Gasteiger partial charge in [0.1, 0.15) is 0 Å². The van der Waals surface area contributed by atoms with Crippen LogP contribution in [0.4, 0.5) is 0 Å². The maximum Gasteiger partial charge on any atom is 0.350 e. The molecule has 0 aliphatic heterocycles. The summed E-state index contributed by atoms with van der Waals surface area (Å²) in [5.41, 5.74) is 0. The minimum atomic E-state index is -4.22. The predicted molar refractivity (Wildman–Crippen MR) is 25.6 cm³/mol. The molecule has 0 saturated heterocycles. The second-order valence-corrected chi connectivity index (χ2v) is 2.18. The molecule has 0 aliphatic carbocycles. The molecule has 8 heavy (non-hydrogen) atoms. The van der Waals surface area contributed by atoms with Crippen LogP contribution in [0, 0.1) is 0 Å². The zero-order valence-electron chi connectivity index (χ0n) is 3.98. The Bertz CT molecular complexity index is 138. The molecule has 0 rings (SSSR count). The summed E-state index contributed by atoms with van der Waals surface area (Å²) in [6, 6.07) is 0. The van der Waals surface area contributed by atoms with Gasteiger partial charge in [-0.25, -0.2) is 0 Å². The molecule has 0 aliphatic rings. The van der Waals surface area contributed by atoms with Gasteiger partial charge < -0.3 is 5.11 Å². The van der Waals surface area contributed by atoms with Crippen LogP contribution in [0.1, 0.15) is 0 Å². The van der Waals surface area contributed by atoms with Gasteiger partial charge in [0, 0.05) is 0 Å². The lowest BCUT2D eigenvalue weighted by atomic mass is 10.8. The lowest BCUT2D eigenvalue weighted by molar-refractivity contribution is 0.297. The van der Waals surface area contributed by atoms with E-state index in [1.807, 2.05) is 0 Å². The first-order valence-electron chi connectivity index (χ1n) is 1.83. The van der Waals surface area contributed by atoms with Crippen LogP contribution in [0.2, 0.25) is 0 Å². The first-order chi connectivity index (χ1) is 3.56. The molecule has 2 N–H and O–H groups in total. The highest BCUT2D eigenvalue weighted by Crippen LogP contribution is 1.72. The van der Waals surface area contributed by atoms with Gasteiger partial charge in [-0.2, -0.15) is 8.42 Å². The van der Waals surface area contributed by atoms with Gasteiger partial charge in [-0.1, -0.05) is 4.72 Å². The summed E-state index contributed by atoms with van der Waals surface area (Å²) in [6.07, 6.45) is 0. The molecule has 0 unspecified atom stereocenters. The normalized spacial score (nSPS) is 11.8. The van der Waals surface area contributed by atoms with Crippen LogP contribution in [0.15, 0.2) is 0 Å². The Morgan fingerprint density at radius 3 is 2.12 bits per heavy atom. The SMILES string of the molecule is O=S(=O)(O)[N]CCO. The standard InChI is InChI=1S/C2H6NO4S/c4-2-1-3-8(5,6)7/h4H,1-2H2,(H,5,6,7). The Balaban J connectivity index is 3.42. The van der Waals surface area contributed by atoms with Gasteiger partial charge in [-0.15, -0.1) is 0 Å². The van der Waals surface area contributed by atoms with Gasteiger partial charge >= 0.3 is 10.3 Å². The summed E-state index contributed by atoms with van der Waals surface area (Å²) >= 11 is 0. The lowest BCUT2D eigenvalue weighted by Crippen LogP contribution is -2.17. The van der Waals surface area contributed by atoms with Gasteiger partial charge in [0.15, 0.2) is 0 Å². The molecule has 0 aromatic carbocycles. The second kappa shape index (κ2) is 2.98. The van der Waals surface area contributed by atoms with E-state index in [0.717, 1.165) is 0 Å². The van der Waals surface area contributed by atoms with E-state index in [1.165, 1.54) is 0 Å². The van der Waals surface area contributed by atoms with E-state index in [1.54, 1.807) is 0 Å². The molecule has 49 valence electrons. The fourth-order valence-corrected chi connectivity index (χ4v) is 0.469. The molecule has 0 spiro atoms. The molecule has 0 atom stereocenters. The van der Waals surface area contributed by atoms with Crippen molar-refractivity contribution in [1.82, 2.24) is 4.72 Å². The van der Waals surface area contributed by atoms with Crippen molar-refractivity contribution in [3.8, 4) is 0 Å². The Hall–Kier alpha value is -0.170. The summed E-state index contributed by atoms with van der Waals surface area (Å²) in [6.45, 7) is -0.654. The van der Waals surface area contributed by atoms with E-state index in [2.05, 4.69) is 4.72 Å². The zero-order chi connectivity index (χ0) is 6.62. The van der Waals surface area contributed by atoms with Crippen LogP contribution >= 0.6 is 0 Å². The predicted octanol–water partition coefficient (Wildman–Crippen LogP) is -1.61. The third kappa shape index (κ3) is 5.83. The molecule has 6 heteroatoms. The Kier molecular flexibility index (Phi) is 2.91. The summed E-state index contributed by atoms with van der Waals surface area (Å²) in [5, 5.41) is 7.96. The largest absolute Gasteiger partial charge is 0.395 e. The quantitative estimate of drug-likeness (QED) is 0.461. The first-order valence-corrected chi connectivity index (χ1v) is 3.23. The summed E-state index contributed by atoms with van der Waals surface area (Å²) in [7, 11) is -4.22. The average Bonchev–Trinajstić information content (AvgIpc) is 1.59. The number of aliphatic hydroxyl groups is 1. The van der Waals surface area contributed by atoms with Crippen molar-refractivity contribution in [2.24, 2.45) is 0 Å². The Labute approximate surface area is 47.2 Å². The Morgan fingerprint density at radius 2 is 2.00 bits per heavy atom. The van der Waals surface area contributed by atoms with Gasteiger partial charge in [0.2, 0.25) is 0 Å². The third-order valence-corrected chi connectivity index (χ3v) is 0.863. The fraction of sp³-hybridized carbons (Fsp3) is 1.00. The lowest BCUT2D eigenvalue weighted by Gasteiger charge is -1.90. The maximum atomic E-state index is 9.67. The van der Waals surface area contributed by atoms with Crippen LogP contribution in [0.3, 0.4) is 0 Å². The van der Waals surface area contributed by atoms with E-state index in [0.29, 0.717) is 0 Å². The molecule has 0 bridgehead atoms. The van der Waals surface area contributed by atoms with Crippen molar-refractivity contribution in [2.75, 3.05) is 13.2 Å². The molecule has 0 aromatic rings. The van der Waals surface area contributed by atoms with Crippen LogP contribution < -0.4 is 4.72 Å². The van der Waals surface area contributed by atoms with Gasteiger partial charge in [0.25, 0.3) is 0 Å². The molecule has 0 aromatic heterocycles. The Morgan fingerprint density at radius 1 is 1.50 bits per heavy atom. The number of hydrogen-bond donors (Lipinski definition) is 2. The summed E-state index contributed by atoms with van der Waals surface area (Å²) in [5.74, 6) is 0. The molecular formula is C2H6NO4S. The number of nitrogens with zero attached hydrogens (tertiary/aromatic N) is 1. The highest BCUT2D eigenvalue weighted by atomic mass is 32.2. The van der Waals surface area contributed by atoms with Crippen molar-refractivity contribution in [2.45, 2.75) is 0 Å². The minimum absolute atomic E-state index is 0.279. The molecule has 0 fully saturated rings. The van der Waals surface area contributed by atoms with Gasteiger partial charge in [-0.05, 0) is 0 Å². The van der Waals surface area contributed by atoms with E-state index in [4.69, 9.17) is 9.66 Å². The molecule has 1 radical (unpaired) electrons. The van der Waals surface area contributed by atoms with Crippen LogP contribution in [-0.4, -0.2) is 31.2 Å². The van der Waals surface area contributed by atoms with Crippen molar-refractivity contribution in [3.63, 3.8) is 0 Å². The van der Waals surface area contributed by atoms with E-state index < -0.39 is 10.3 Å². The highest BCUT2D eigenvalue weighted by Gasteiger charge is 2.01. The second-order valence-electron chi connectivity index (χ2n) is 1.02. The molecule has 0 amide bonds. The molecular weight excluding hydrogens is 134 g/mol. The molecule has 5 nitrogen and oxygen atoms in total. The van der Waals surface area contributed by atoms with E-state index in [9.17, 15) is 8.42 Å². The van der Waals surface area contributed by atoms with Crippen LogP contribution in [0.25, 0.3) is 0 Å². The van der Waals surface area contributed by atoms with Crippen molar-refractivity contribution in [1.29, 1.82) is 0 Å². The van der Waals surface area contributed by atoms with Crippen molar-refractivity contribution in [3.05, 3.63) is 0 Å². The van der Waals surface area contributed by atoms with Gasteiger partial charge in [0.05, 0.1) is 13.2 Å². The smallest absolute Gasteiger partial charge is 0.350 e. The summed E-state index contributed by atoms with van der Waals surface area (Å²) in [4.78, 5) is 0. The fourth-order valence-electron chi connectivity index (χ4n) is 0.156. The molecule has 0 saturated carbocycles. The maximum absolute atomic E-state index is 9.67. The number of rotatable bonds is 3. The topological polar surface area (TPSA) is 88.7 Å². The third-order valence-electron chi connectivity index (χ3n) is 0.354.